The number of nitro benzene ring substituents is 1. The van der Waals surface area contributed by atoms with Gasteiger partial charge in [-0.25, -0.2) is 4.79 Å². The summed E-state index contributed by atoms with van der Waals surface area (Å²) in [6.45, 7) is 0. The van der Waals surface area contributed by atoms with E-state index in [2.05, 4.69) is 15.5 Å². The number of carbonyl (C=O) groups excluding carboxylic acids is 1. The van der Waals surface area contributed by atoms with E-state index >= 15 is 0 Å². The van der Waals surface area contributed by atoms with E-state index in [0.717, 1.165) is 11.8 Å². The Hall–Kier alpha value is -4.11. The van der Waals surface area contributed by atoms with Crippen molar-refractivity contribution in [3.8, 4) is 11.8 Å². The summed E-state index contributed by atoms with van der Waals surface area (Å²) in [5, 5.41) is 40.4. The van der Waals surface area contributed by atoms with Crippen molar-refractivity contribution >= 4 is 29.2 Å². The zero-order chi connectivity index (χ0) is 21.0. The molecule has 1 N–H and O–H groups in total. The van der Waals surface area contributed by atoms with Crippen LogP contribution in [0.2, 0.25) is 0 Å². The standard InChI is InChI=1S/C17H10N6O5S/c18-8-11-7-13(5-6-14(11)16(25)26)22-17(19-20-21-22)29-9-15(24)10-1-3-12(4-2-10)23(27)28/h1-7H,9H2,(H,25,26). The molecule has 29 heavy (non-hydrogen) atoms. The van der Waals surface area contributed by atoms with E-state index in [9.17, 15) is 19.7 Å². The fourth-order valence-corrected chi connectivity index (χ4v) is 3.14. The highest BCUT2D eigenvalue weighted by Crippen LogP contribution is 2.22. The summed E-state index contributed by atoms with van der Waals surface area (Å²) >= 11 is 1.03. The van der Waals surface area contributed by atoms with Crippen LogP contribution in [0.15, 0.2) is 47.6 Å². The highest BCUT2D eigenvalue weighted by Gasteiger charge is 2.16. The van der Waals surface area contributed by atoms with Gasteiger partial charge in [-0.15, -0.1) is 5.10 Å². The third kappa shape index (κ3) is 4.25. The number of carbonyl (C=O) groups is 2. The van der Waals surface area contributed by atoms with E-state index in [1.165, 1.54) is 47.1 Å². The van der Waals surface area contributed by atoms with Gasteiger partial charge in [-0.05, 0) is 40.8 Å². The minimum Gasteiger partial charge on any atom is -0.478 e. The average Bonchev–Trinajstić information content (AvgIpc) is 3.20. The van der Waals surface area contributed by atoms with Crippen LogP contribution >= 0.6 is 11.8 Å². The van der Waals surface area contributed by atoms with Crippen LogP contribution in [0.4, 0.5) is 5.69 Å². The minimum atomic E-state index is -1.23. The highest BCUT2D eigenvalue weighted by molar-refractivity contribution is 7.99. The van der Waals surface area contributed by atoms with Crippen molar-refractivity contribution < 1.29 is 19.6 Å². The van der Waals surface area contributed by atoms with Crippen molar-refractivity contribution in [3.05, 3.63) is 69.3 Å². The number of thioether (sulfide) groups is 1. The number of Topliss-reactive ketones (excluding diaryl/α,β-unsaturated/α-hetero) is 1. The Morgan fingerprint density at radius 3 is 2.59 bits per heavy atom. The molecule has 0 unspecified atom stereocenters. The lowest BCUT2D eigenvalue weighted by Crippen LogP contribution is -2.06. The maximum absolute atomic E-state index is 12.3. The summed E-state index contributed by atoms with van der Waals surface area (Å²) in [6.07, 6.45) is 0. The first-order valence-electron chi connectivity index (χ1n) is 7.87. The molecule has 0 atom stereocenters. The summed E-state index contributed by atoms with van der Waals surface area (Å²) in [5.41, 5.74) is 0.355. The maximum atomic E-state index is 12.3. The van der Waals surface area contributed by atoms with E-state index in [4.69, 9.17) is 10.4 Å². The van der Waals surface area contributed by atoms with E-state index in [1.807, 2.05) is 6.07 Å². The van der Waals surface area contributed by atoms with Crippen molar-refractivity contribution in [2.24, 2.45) is 0 Å². The number of nitrogens with zero attached hydrogens (tertiary/aromatic N) is 6. The van der Waals surface area contributed by atoms with Gasteiger partial charge in [-0.1, -0.05) is 11.8 Å². The average molecular weight is 410 g/mol. The predicted octanol–water partition coefficient (Wildman–Crippen LogP) is 2.12. The molecule has 144 valence electrons. The molecule has 0 fully saturated rings. The van der Waals surface area contributed by atoms with Gasteiger partial charge in [0.15, 0.2) is 5.78 Å². The molecule has 0 amide bonds. The van der Waals surface area contributed by atoms with Crippen LogP contribution in [0.3, 0.4) is 0 Å². The second-order valence-corrected chi connectivity index (χ2v) is 6.48. The number of carboxylic acids is 1. The van der Waals surface area contributed by atoms with Crippen LogP contribution in [0.1, 0.15) is 26.3 Å². The van der Waals surface area contributed by atoms with Gasteiger partial charge in [-0.2, -0.15) is 9.94 Å². The monoisotopic (exact) mass is 410 g/mol. The molecule has 0 saturated heterocycles. The molecule has 0 aliphatic heterocycles. The van der Waals surface area contributed by atoms with Crippen LogP contribution in [-0.4, -0.2) is 47.7 Å². The molecule has 0 aliphatic carbocycles. The Kier molecular flexibility index (Phi) is 5.61. The fourth-order valence-electron chi connectivity index (χ4n) is 2.36. The Labute approximate surface area is 166 Å². The number of rotatable bonds is 7. The van der Waals surface area contributed by atoms with Crippen LogP contribution in [0.25, 0.3) is 5.69 Å². The third-order valence-corrected chi connectivity index (χ3v) is 4.69. The molecular formula is C17H10N6O5S. The van der Waals surface area contributed by atoms with E-state index in [0.29, 0.717) is 11.3 Å². The van der Waals surface area contributed by atoms with Gasteiger partial charge in [0.2, 0.25) is 5.16 Å². The number of aromatic nitrogens is 4. The van der Waals surface area contributed by atoms with Crippen molar-refractivity contribution in [2.75, 3.05) is 5.75 Å². The smallest absolute Gasteiger partial charge is 0.337 e. The van der Waals surface area contributed by atoms with Gasteiger partial charge in [0.1, 0.15) is 6.07 Å². The van der Waals surface area contributed by atoms with E-state index in [1.54, 1.807) is 0 Å². The molecule has 0 aliphatic rings. The van der Waals surface area contributed by atoms with Crippen molar-refractivity contribution in [3.63, 3.8) is 0 Å². The number of hydrogen-bond donors (Lipinski definition) is 1. The van der Waals surface area contributed by atoms with Gasteiger partial charge < -0.3 is 5.11 Å². The van der Waals surface area contributed by atoms with Gasteiger partial charge in [0.25, 0.3) is 5.69 Å². The molecule has 2 aromatic carbocycles. The zero-order valence-electron chi connectivity index (χ0n) is 14.4. The Balaban J connectivity index is 1.77. The molecule has 0 radical (unpaired) electrons. The van der Waals surface area contributed by atoms with Crippen molar-refractivity contribution in [1.82, 2.24) is 20.2 Å². The zero-order valence-corrected chi connectivity index (χ0v) is 15.2. The largest absolute Gasteiger partial charge is 0.478 e. The number of nitro groups is 1. The molecule has 3 aromatic rings. The van der Waals surface area contributed by atoms with E-state index in [-0.39, 0.29) is 33.5 Å². The van der Waals surface area contributed by atoms with Crippen LogP contribution in [0, 0.1) is 21.4 Å². The van der Waals surface area contributed by atoms with Crippen LogP contribution in [-0.2, 0) is 0 Å². The lowest BCUT2D eigenvalue weighted by molar-refractivity contribution is -0.384. The molecule has 0 spiro atoms. The van der Waals surface area contributed by atoms with Gasteiger partial charge in [0.05, 0.1) is 27.5 Å². The summed E-state index contributed by atoms with van der Waals surface area (Å²) < 4.78 is 1.28. The number of benzene rings is 2. The summed E-state index contributed by atoms with van der Waals surface area (Å²) in [5.74, 6) is -1.54. The maximum Gasteiger partial charge on any atom is 0.337 e. The molecule has 1 aromatic heterocycles. The quantitative estimate of drug-likeness (QED) is 0.264. The number of nitriles is 1. The molecule has 11 nitrogen and oxygen atoms in total. The topological polar surface area (TPSA) is 165 Å². The summed E-state index contributed by atoms with van der Waals surface area (Å²) in [6, 6.07) is 11.1. The number of tetrazole rings is 1. The Bertz CT molecular complexity index is 1150. The number of non-ortho nitro benzene ring substituents is 1. The van der Waals surface area contributed by atoms with Gasteiger partial charge >= 0.3 is 5.97 Å². The lowest BCUT2D eigenvalue weighted by Gasteiger charge is -2.06. The molecule has 0 saturated carbocycles. The third-order valence-electron chi connectivity index (χ3n) is 3.77. The number of carboxylic acid groups (broad SMARTS) is 1. The molecule has 1 heterocycles. The van der Waals surface area contributed by atoms with Gasteiger partial charge in [0, 0.05) is 17.7 Å². The first-order chi connectivity index (χ1) is 13.9. The van der Waals surface area contributed by atoms with Crippen LogP contribution < -0.4 is 0 Å². The number of ketones is 1. The highest BCUT2D eigenvalue weighted by atomic mass is 32.2. The first kappa shape index (κ1) is 19.6. The second kappa shape index (κ2) is 8.28. The lowest BCUT2D eigenvalue weighted by atomic mass is 10.1. The molecule has 3 rings (SSSR count). The van der Waals surface area contributed by atoms with Gasteiger partial charge in [-0.3, -0.25) is 14.9 Å². The van der Waals surface area contributed by atoms with Crippen molar-refractivity contribution in [1.29, 1.82) is 5.26 Å². The Morgan fingerprint density at radius 2 is 1.97 bits per heavy atom. The molecular weight excluding hydrogens is 400 g/mol. The fraction of sp³-hybridized carbons (Fsp3) is 0.0588. The normalized spacial score (nSPS) is 10.3. The number of aromatic carboxylic acids is 1. The Morgan fingerprint density at radius 1 is 1.24 bits per heavy atom. The van der Waals surface area contributed by atoms with Crippen molar-refractivity contribution in [2.45, 2.75) is 5.16 Å². The minimum absolute atomic E-state index is 0.0312. The SMILES string of the molecule is N#Cc1cc(-n2nnnc2SCC(=O)c2ccc([N+](=O)[O-])cc2)ccc1C(=O)O. The molecule has 12 heteroatoms. The molecule has 0 bridgehead atoms. The number of hydrogen-bond acceptors (Lipinski definition) is 9. The second-order valence-electron chi connectivity index (χ2n) is 5.54. The summed E-state index contributed by atoms with van der Waals surface area (Å²) in [7, 11) is 0. The van der Waals surface area contributed by atoms with Crippen LogP contribution in [0.5, 0.6) is 0 Å². The van der Waals surface area contributed by atoms with E-state index < -0.39 is 10.9 Å². The first-order valence-corrected chi connectivity index (χ1v) is 8.86. The predicted molar refractivity (Wildman–Crippen MR) is 99.0 cm³/mol. The summed E-state index contributed by atoms with van der Waals surface area (Å²) in [4.78, 5) is 33.6.